The van der Waals surface area contributed by atoms with Crippen molar-refractivity contribution in [3.63, 3.8) is 0 Å². The van der Waals surface area contributed by atoms with Crippen molar-refractivity contribution < 1.29 is 41.4 Å². The first kappa shape index (κ1) is 18.1. The van der Waals surface area contributed by atoms with E-state index < -0.39 is 35.2 Å². The van der Waals surface area contributed by atoms with E-state index in [1.54, 1.807) is 0 Å². The fourth-order valence-electron chi connectivity index (χ4n) is 1.88. The summed E-state index contributed by atoms with van der Waals surface area (Å²) in [5.74, 6) is -2.95. The molecule has 0 fully saturated rings. The average Bonchev–Trinajstić information content (AvgIpc) is 2.33. The number of aliphatic carboxylic acids is 1. The summed E-state index contributed by atoms with van der Waals surface area (Å²) in [6.45, 7) is 0. The Kier molecular flexibility index (Phi) is 5.31. The van der Waals surface area contributed by atoms with Crippen molar-refractivity contribution in [3.8, 4) is 5.75 Å². The number of carboxylic acid groups (broad SMARTS) is 1. The molecule has 0 spiro atoms. The Morgan fingerprint density at radius 1 is 0.955 bits per heavy atom. The number of carbonyl (C=O) groups is 1. The zero-order chi connectivity index (χ0) is 17.1. The lowest BCUT2D eigenvalue weighted by atomic mass is 9.99. The first-order chi connectivity index (χ1) is 9.93. The summed E-state index contributed by atoms with van der Waals surface area (Å²) in [6.07, 6.45) is -10.4. The molecular weight excluding hydrogens is 318 g/mol. The molecule has 0 aliphatic rings. The molecule has 0 atom stereocenters. The number of unbranched alkanes of at least 4 members (excludes halogenated alkanes) is 1. The second-order valence-corrected chi connectivity index (χ2v) is 4.64. The molecule has 0 unspecified atom stereocenters. The molecule has 1 aromatic rings. The Balaban J connectivity index is 3.10. The van der Waals surface area contributed by atoms with Gasteiger partial charge < -0.3 is 10.2 Å². The Morgan fingerprint density at radius 3 is 1.77 bits per heavy atom. The van der Waals surface area contributed by atoms with Crippen LogP contribution in [-0.2, 0) is 23.6 Å². The number of carboxylic acids is 1. The standard InChI is InChI=1S/C13H12F6O3/c14-12(15,16)8-5-7(3-1-2-4-10(20)21)6-9(11(8)22)13(17,18)19/h5-6,22H,1-4H2,(H,20,21). The highest BCUT2D eigenvalue weighted by atomic mass is 19.4. The maximum absolute atomic E-state index is 12.7. The van der Waals surface area contributed by atoms with Crippen LogP contribution in [0.4, 0.5) is 26.3 Å². The molecule has 0 saturated heterocycles. The lowest BCUT2D eigenvalue weighted by molar-refractivity contribution is -0.145. The second kappa shape index (κ2) is 6.45. The van der Waals surface area contributed by atoms with E-state index in [0.29, 0.717) is 12.1 Å². The van der Waals surface area contributed by atoms with Gasteiger partial charge in [-0.25, -0.2) is 0 Å². The van der Waals surface area contributed by atoms with Crippen LogP contribution >= 0.6 is 0 Å². The van der Waals surface area contributed by atoms with Gasteiger partial charge in [-0.15, -0.1) is 0 Å². The van der Waals surface area contributed by atoms with Crippen molar-refractivity contribution in [2.45, 2.75) is 38.0 Å². The average molecular weight is 330 g/mol. The Bertz CT molecular complexity index is 513. The van der Waals surface area contributed by atoms with Gasteiger partial charge in [-0.3, -0.25) is 4.79 Å². The van der Waals surface area contributed by atoms with Gasteiger partial charge in [-0.05, 0) is 37.0 Å². The maximum Gasteiger partial charge on any atom is 0.419 e. The number of aromatic hydroxyl groups is 1. The number of aryl methyl sites for hydroxylation is 1. The highest BCUT2D eigenvalue weighted by molar-refractivity contribution is 5.66. The Labute approximate surface area is 121 Å². The molecular formula is C13H12F6O3. The predicted octanol–water partition coefficient (Wildman–Crippen LogP) is 4.23. The fourth-order valence-corrected chi connectivity index (χ4v) is 1.88. The van der Waals surface area contributed by atoms with Crippen molar-refractivity contribution in [1.82, 2.24) is 0 Å². The number of hydrogen-bond acceptors (Lipinski definition) is 2. The zero-order valence-corrected chi connectivity index (χ0v) is 11.1. The molecule has 0 heterocycles. The highest BCUT2D eigenvalue weighted by Crippen LogP contribution is 2.44. The minimum Gasteiger partial charge on any atom is -0.507 e. The minimum atomic E-state index is -5.12. The smallest absolute Gasteiger partial charge is 0.419 e. The summed E-state index contributed by atoms with van der Waals surface area (Å²) in [4.78, 5) is 10.3. The third-order valence-electron chi connectivity index (χ3n) is 2.89. The second-order valence-electron chi connectivity index (χ2n) is 4.64. The van der Waals surface area contributed by atoms with Gasteiger partial charge in [-0.1, -0.05) is 0 Å². The van der Waals surface area contributed by atoms with Crippen LogP contribution in [0.5, 0.6) is 5.75 Å². The third-order valence-corrected chi connectivity index (χ3v) is 2.89. The molecule has 1 aromatic carbocycles. The lowest BCUT2D eigenvalue weighted by Crippen LogP contribution is -2.13. The third kappa shape index (κ3) is 4.81. The molecule has 0 aliphatic carbocycles. The van der Waals surface area contributed by atoms with Crippen LogP contribution in [0.2, 0.25) is 0 Å². The summed E-state index contributed by atoms with van der Waals surface area (Å²) >= 11 is 0. The van der Waals surface area contributed by atoms with Gasteiger partial charge in [0.25, 0.3) is 0 Å². The maximum atomic E-state index is 12.7. The van der Waals surface area contributed by atoms with E-state index in [1.165, 1.54) is 0 Å². The van der Waals surface area contributed by atoms with Gasteiger partial charge in [0.2, 0.25) is 0 Å². The van der Waals surface area contributed by atoms with Crippen molar-refractivity contribution in [1.29, 1.82) is 0 Å². The number of rotatable bonds is 5. The van der Waals surface area contributed by atoms with Crippen molar-refractivity contribution in [2.75, 3.05) is 0 Å². The van der Waals surface area contributed by atoms with Crippen molar-refractivity contribution in [3.05, 3.63) is 28.8 Å². The van der Waals surface area contributed by atoms with Gasteiger partial charge in [0.05, 0.1) is 11.1 Å². The number of benzene rings is 1. The summed E-state index contributed by atoms with van der Waals surface area (Å²) in [6, 6.07) is 0.899. The van der Waals surface area contributed by atoms with Crippen LogP contribution in [0, 0.1) is 0 Å². The molecule has 0 aliphatic heterocycles. The molecule has 0 bridgehead atoms. The van der Waals surface area contributed by atoms with Gasteiger partial charge in [0.1, 0.15) is 5.75 Å². The summed E-state index contributed by atoms with van der Waals surface area (Å²) in [7, 11) is 0. The molecule has 22 heavy (non-hydrogen) atoms. The summed E-state index contributed by atoms with van der Waals surface area (Å²) in [5.41, 5.74) is -3.77. The van der Waals surface area contributed by atoms with E-state index in [0.717, 1.165) is 0 Å². The molecule has 9 heteroatoms. The topological polar surface area (TPSA) is 57.5 Å². The quantitative estimate of drug-likeness (QED) is 0.627. The highest BCUT2D eigenvalue weighted by Gasteiger charge is 2.41. The number of phenolic OH excluding ortho intramolecular Hbond substituents is 1. The van der Waals surface area contributed by atoms with Crippen LogP contribution < -0.4 is 0 Å². The van der Waals surface area contributed by atoms with Crippen molar-refractivity contribution >= 4 is 5.97 Å². The lowest BCUT2D eigenvalue weighted by Gasteiger charge is -2.16. The fraction of sp³-hybridized carbons (Fsp3) is 0.462. The van der Waals surface area contributed by atoms with Crippen LogP contribution in [0.1, 0.15) is 36.0 Å². The molecule has 1 rings (SSSR count). The van der Waals surface area contributed by atoms with Gasteiger partial charge >= 0.3 is 18.3 Å². The van der Waals surface area contributed by atoms with E-state index in [1.807, 2.05) is 0 Å². The molecule has 3 nitrogen and oxygen atoms in total. The van der Waals surface area contributed by atoms with E-state index in [9.17, 15) is 36.2 Å². The largest absolute Gasteiger partial charge is 0.507 e. The molecule has 2 N–H and O–H groups in total. The molecule has 0 saturated carbocycles. The van der Waals surface area contributed by atoms with Crippen LogP contribution in [0.15, 0.2) is 12.1 Å². The predicted molar refractivity (Wildman–Crippen MR) is 63.3 cm³/mol. The number of halogens is 6. The molecule has 0 amide bonds. The zero-order valence-electron chi connectivity index (χ0n) is 11.1. The van der Waals surface area contributed by atoms with Crippen LogP contribution in [0.3, 0.4) is 0 Å². The Hall–Kier alpha value is -1.93. The van der Waals surface area contributed by atoms with Crippen LogP contribution in [0.25, 0.3) is 0 Å². The minimum absolute atomic E-state index is 0.117. The first-order valence-corrected chi connectivity index (χ1v) is 6.15. The summed E-state index contributed by atoms with van der Waals surface area (Å²) in [5, 5.41) is 17.6. The number of phenols is 1. The van der Waals surface area contributed by atoms with E-state index in [4.69, 9.17) is 5.11 Å². The molecule has 0 radical (unpaired) electrons. The number of hydrogen-bond donors (Lipinski definition) is 2. The van der Waals surface area contributed by atoms with E-state index in [-0.39, 0.29) is 31.2 Å². The van der Waals surface area contributed by atoms with Gasteiger partial charge in [-0.2, -0.15) is 26.3 Å². The number of alkyl halides is 6. The molecule has 0 aromatic heterocycles. The first-order valence-electron chi connectivity index (χ1n) is 6.15. The SMILES string of the molecule is O=C(O)CCCCc1cc(C(F)(F)F)c(O)c(C(F)(F)F)c1. The van der Waals surface area contributed by atoms with Crippen molar-refractivity contribution in [2.24, 2.45) is 0 Å². The van der Waals surface area contributed by atoms with E-state index >= 15 is 0 Å². The monoisotopic (exact) mass is 330 g/mol. The summed E-state index contributed by atoms with van der Waals surface area (Å²) < 4.78 is 76.1. The van der Waals surface area contributed by atoms with Crippen LogP contribution in [-0.4, -0.2) is 16.2 Å². The normalized spacial score (nSPS) is 12.5. The van der Waals surface area contributed by atoms with E-state index in [2.05, 4.69) is 0 Å². The Morgan fingerprint density at radius 2 is 1.41 bits per heavy atom. The van der Waals surface area contributed by atoms with Gasteiger partial charge in [0.15, 0.2) is 0 Å². The van der Waals surface area contributed by atoms with Gasteiger partial charge in [0, 0.05) is 6.42 Å². The molecule has 124 valence electrons.